The van der Waals surface area contributed by atoms with Gasteiger partial charge in [0.25, 0.3) is 0 Å². The molecule has 0 aromatic carbocycles. The molecule has 0 saturated carbocycles. The normalized spacial score (nSPS) is 14.6. The number of aliphatic hydroxyl groups is 1. The van der Waals surface area contributed by atoms with Gasteiger partial charge in [-0.2, -0.15) is 0 Å². The molecule has 2 rings (SSSR count). The first-order valence-electron chi connectivity index (χ1n) is 7.42. The number of halogens is 1. The molecule has 0 radical (unpaired) electrons. The summed E-state index contributed by atoms with van der Waals surface area (Å²) in [5.74, 6) is 1.27. The van der Waals surface area contributed by atoms with E-state index in [9.17, 15) is 5.11 Å². The summed E-state index contributed by atoms with van der Waals surface area (Å²) >= 11 is 5.18. The lowest BCUT2D eigenvalue weighted by Gasteiger charge is -2.24. The lowest BCUT2D eigenvalue weighted by molar-refractivity contribution is 0.0435. The molecule has 0 aliphatic carbocycles. The van der Waals surface area contributed by atoms with Crippen molar-refractivity contribution in [3.05, 3.63) is 45.0 Å². The minimum absolute atomic E-state index is 0.224. The van der Waals surface area contributed by atoms with Gasteiger partial charge in [-0.05, 0) is 54.0 Å². The van der Waals surface area contributed by atoms with Crippen molar-refractivity contribution < 1.29 is 9.52 Å². The fourth-order valence-corrected chi connectivity index (χ4v) is 3.64. The molecule has 5 nitrogen and oxygen atoms in total. The Bertz CT molecular complexity index is 638. The van der Waals surface area contributed by atoms with E-state index in [1.165, 1.54) is 4.88 Å². The number of hydrogen-bond donors (Lipinski definition) is 2. The summed E-state index contributed by atoms with van der Waals surface area (Å²) in [7, 11) is 1.98. The second-order valence-corrected chi connectivity index (χ2v) is 8.03. The van der Waals surface area contributed by atoms with Crippen LogP contribution in [0.5, 0.6) is 0 Å². The molecule has 1 unspecified atom stereocenters. The van der Waals surface area contributed by atoms with Crippen molar-refractivity contribution in [2.75, 3.05) is 20.1 Å². The molecule has 2 aromatic rings. The highest BCUT2D eigenvalue weighted by Gasteiger charge is 2.26. The van der Waals surface area contributed by atoms with Gasteiger partial charge in [-0.3, -0.25) is 0 Å². The minimum atomic E-state index is -1.13. The zero-order valence-corrected chi connectivity index (χ0v) is 15.9. The van der Waals surface area contributed by atoms with E-state index >= 15 is 0 Å². The number of hydrogen-bond acceptors (Lipinski definition) is 4. The van der Waals surface area contributed by atoms with Crippen molar-refractivity contribution in [1.29, 1.82) is 0 Å². The minimum Gasteiger partial charge on any atom is -0.466 e. The number of aliphatic imine (C=N–C) groups is 1. The topological polar surface area (TPSA) is 61.0 Å². The quantitative estimate of drug-likeness (QED) is 0.576. The Morgan fingerprint density at radius 3 is 2.83 bits per heavy atom. The van der Waals surface area contributed by atoms with E-state index in [1.807, 2.05) is 24.9 Å². The van der Waals surface area contributed by atoms with Crippen LogP contribution in [0.2, 0.25) is 0 Å². The van der Waals surface area contributed by atoms with Crippen molar-refractivity contribution in [3.63, 3.8) is 0 Å². The molecule has 0 aliphatic heterocycles. The second-order valence-electron chi connectivity index (χ2n) is 5.48. The first-order valence-corrected chi connectivity index (χ1v) is 9.03. The first kappa shape index (κ1) is 18.0. The van der Waals surface area contributed by atoms with Crippen LogP contribution in [0.3, 0.4) is 0 Å². The Labute approximate surface area is 149 Å². The molecule has 0 saturated heterocycles. The standard InChI is InChI=1S/C16H22BrN3O2S/c1-4-18-15(20(3)10-12-7-8-14(17)23-12)19-11-16(2,21)13-6-5-9-22-13/h5-9,21H,4,10-11H2,1-3H3,(H,18,19). The summed E-state index contributed by atoms with van der Waals surface area (Å²) in [6, 6.07) is 7.66. The van der Waals surface area contributed by atoms with E-state index in [0.717, 1.165) is 22.8 Å². The van der Waals surface area contributed by atoms with Crippen molar-refractivity contribution in [2.45, 2.75) is 26.0 Å². The molecular formula is C16H22BrN3O2S. The van der Waals surface area contributed by atoms with Gasteiger partial charge in [0.15, 0.2) is 5.96 Å². The lowest BCUT2D eigenvalue weighted by Crippen LogP contribution is -2.39. The summed E-state index contributed by atoms with van der Waals surface area (Å²) in [6.07, 6.45) is 1.56. The van der Waals surface area contributed by atoms with Crippen LogP contribution in [0.25, 0.3) is 0 Å². The van der Waals surface area contributed by atoms with Crippen LogP contribution < -0.4 is 5.32 Å². The van der Waals surface area contributed by atoms with Gasteiger partial charge in [0.1, 0.15) is 11.4 Å². The number of nitrogens with one attached hydrogen (secondary N) is 1. The Morgan fingerprint density at radius 2 is 2.26 bits per heavy atom. The lowest BCUT2D eigenvalue weighted by atomic mass is 10.0. The summed E-state index contributed by atoms with van der Waals surface area (Å²) in [5, 5.41) is 13.8. The fourth-order valence-electron chi connectivity index (χ4n) is 2.11. The molecule has 0 bridgehead atoms. The average molecular weight is 400 g/mol. The molecule has 0 fully saturated rings. The van der Waals surface area contributed by atoms with Crippen molar-refractivity contribution in [1.82, 2.24) is 10.2 Å². The number of thiophene rings is 1. The average Bonchev–Trinajstić information content (AvgIpc) is 3.15. The summed E-state index contributed by atoms with van der Waals surface area (Å²) in [6.45, 7) is 5.47. The molecule has 2 N–H and O–H groups in total. The van der Waals surface area contributed by atoms with Gasteiger partial charge in [-0.15, -0.1) is 11.3 Å². The van der Waals surface area contributed by atoms with Gasteiger partial charge in [-0.1, -0.05) is 0 Å². The predicted octanol–water partition coefficient (Wildman–Crippen LogP) is 3.41. The van der Waals surface area contributed by atoms with Gasteiger partial charge >= 0.3 is 0 Å². The highest BCUT2D eigenvalue weighted by Crippen LogP contribution is 2.23. The van der Waals surface area contributed by atoms with Crippen LogP contribution in [0.1, 0.15) is 24.5 Å². The molecule has 2 heterocycles. The number of furan rings is 1. The maximum absolute atomic E-state index is 10.5. The van der Waals surface area contributed by atoms with Crippen molar-refractivity contribution in [2.24, 2.45) is 4.99 Å². The predicted molar refractivity (Wildman–Crippen MR) is 97.7 cm³/mol. The first-order chi connectivity index (χ1) is 10.9. The monoisotopic (exact) mass is 399 g/mol. The van der Waals surface area contributed by atoms with Crippen LogP contribution in [-0.2, 0) is 12.1 Å². The van der Waals surface area contributed by atoms with E-state index < -0.39 is 5.60 Å². The Morgan fingerprint density at radius 1 is 1.48 bits per heavy atom. The molecule has 7 heteroatoms. The van der Waals surface area contributed by atoms with E-state index in [2.05, 4.69) is 32.3 Å². The smallest absolute Gasteiger partial charge is 0.194 e. The second kappa shape index (κ2) is 7.99. The highest BCUT2D eigenvalue weighted by molar-refractivity contribution is 9.11. The van der Waals surface area contributed by atoms with Crippen LogP contribution in [-0.4, -0.2) is 36.1 Å². The van der Waals surface area contributed by atoms with E-state index in [0.29, 0.717) is 5.76 Å². The van der Waals surface area contributed by atoms with E-state index in [1.54, 1.807) is 36.7 Å². The van der Waals surface area contributed by atoms with Gasteiger partial charge in [0, 0.05) is 18.5 Å². The summed E-state index contributed by atoms with van der Waals surface area (Å²) < 4.78 is 6.41. The largest absolute Gasteiger partial charge is 0.466 e. The third-order valence-electron chi connectivity index (χ3n) is 3.31. The van der Waals surface area contributed by atoms with Gasteiger partial charge in [-0.25, -0.2) is 4.99 Å². The van der Waals surface area contributed by atoms with Crippen molar-refractivity contribution >= 4 is 33.2 Å². The SMILES string of the molecule is CCNC(=NCC(C)(O)c1ccco1)N(C)Cc1ccc(Br)s1. The maximum atomic E-state index is 10.5. The van der Waals surface area contributed by atoms with Crippen LogP contribution >= 0.6 is 27.3 Å². The number of nitrogens with zero attached hydrogens (tertiary/aromatic N) is 2. The highest BCUT2D eigenvalue weighted by atomic mass is 79.9. The molecule has 1 atom stereocenters. The van der Waals surface area contributed by atoms with E-state index in [-0.39, 0.29) is 6.54 Å². The molecule has 2 aromatic heterocycles. The zero-order valence-electron chi connectivity index (χ0n) is 13.5. The molecule has 126 valence electrons. The van der Waals surface area contributed by atoms with Gasteiger partial charge in [0.2, 0.25) is 0 Å². The summed E-state index contributed by atoms with van der Waals surface area (Å²) in [4.78, 5) is 7.84. The van der Waals surface area contributed by atoms with Crippen LogP contribution in [0.4, 0.5) is 0 Å². The molecular weight excluding hydrogens is 378 g/mol. The summed E-state index contributed by atoms with van der Waals surface area (Å²) in [5.41, 5.74) is -1.13. The number of rotatable bonds is 6. The van der Waals surface area contributed by atoms with Crippen LogP contribution in [0.15, 0.2) is 43.7 Å². The molecule has 23 heavy (non-hydrogen) atoms. The van der Waals surface area contributed by atoms with Crippen LogP contribution in [0, 0.1) is 0 Å². The third kappa shape index (κ3) is 5.09. The maximum Gasteiger partial charge on any atom is 0.194 e. The van der Waals surface area contributed by atoms with Gasteiger partial charge < -0.3 is 19.7 Å². The van der Waals surface area contributed by atoms with E-state index in [4.69, 9.17) is 4.42 Å². The Kier molecular flexibility index (Phi) is 6.26. The molecule has 0 amide bonds. The van der Waals surface area contributed by atoms with Gasteiger partial charge in [0.05, 0.1) is 23.1 Å². The Hall–Kier alpha value is -1.31. The Balaban J connectivity index is 2.07. The molecule has 0 spiro atoms. The number of guanidine groups is 1. The van der Waals surface area contributed by atoms with Crippen molar-refractivity contribution in [3.8, 4) is 0 Å². The fraction of sp³-hybridized carbons (Fsp3) is 0.438. The third-order valence-corrected chi connectivity index (χ3v) is 4.92. The molecule has 0 aliphatic rings. The zero-order chi connectivity index (χ0) is 16.9.